The summed E-state index contributed by atoms with van der Waals surface area (Å²) >= 11 is 0. The summed E-state index contributed by atoms with van der Waals surface area (Å²) in [5.74, 6) is -2.48. The highest BCUT2D eigenvalue weighted by Crippen LogP contribution is 2.25. The number of hydrogen-bond donors (Lipinski definition) is 1. The molecular formula is C24H24O9. The molecule has 9 heteroatoms. The molecule has 1 aliphatic heterocycles. The van der Waals surface area contributed by atoms with Crippen molar-refractivity contribution in [3.05, 3.63) is 71.8 Å². The topological polar surface area (TPSA) is 125 Å². The van der Waals surface area contributed by atoms with E-state index in [-0.39, 0.29) is 36.4 Å². The fourth-order valence-corrected chi connectivity index (χ4v) is 3.16. The zero-order valence-corrected chi connectivity index (χ0v) is 17.9. The van der Waals surface area contributed by atoms with Crippen LogP contribution in [0.15, 0.2) is 60.7 Å². The molecule has 1 aliphatic rings. The van der Waals surface area contributed by atoms with Gasteiger partial charge in [0.25, 0.3) is 0 Å². The number of ether oxygens (including phenoxy) is 4. The monoisotopic (exact) mass is 456 g/mol. The van der Waals surface area contributed by atoms with Crippen molar-refractivity contribution < 1.29 is 43.2 Å². The Morgan fingerprint density at radius 3 is 1.91 bits per heavy atom. The summed E-state index contributed by atoms with van der Waals surface area (Å²) in [4.78, 5) is 48.7. The van der Waals surface area contributed by atoms with Gasteiger partial charge < -0.3 is 28.8 Å². The van der Waals surface area contributed by atoms with Crippen molar-refractivity contribution in [2.75, 3.05) is 6.61 Å². The average molecular weight is 456 g/mol. The second kappa shape index (κ2) is 11.3. The number of hydrogen-bond acceptors (Lipinski definition) is 9. The fraction of sp³-hybridized carbons (Fsp3) is 0.333. The van der Waals surface area contributed by atoms with Crippen molar-refractivity contribution in [2.24, 2.45) is 0 Å². The predicted octanol–water partition coefficient (Wildman–Crippen LogP) is 2.07. The first-order chi connectivity index (χ1) is 15.8. The maximum atomic E-state index is 12.7. The third-order valence-electron chi connectivity index (χ3n) is 4.87. The highest BCUT2D eigenvalue weighted by molar-refractivity contribution is 5.90. The van der Waals surface area contributed by atoms with Crippen LogP contribution in [0.25, 0.3) is 0 Å². The summed E-state index contributed by atoms with van der Waals surface area (Å²) in [5.41, 5.74) is 0.472. The van der Waals surface area contributed by atoms with E-state index in [1.54, 1.807) is 48.5 Å². The Bertz CT molecular complexity index is 974. The molecule has 0 aromatic heterocycles. The number of benzene rings is 2. The van der Waals surface area contributed by atoms with Crippen molar-refractivity contribution in [3.8, 4) is 0 Å². The average Bonchev–Trinajstić information content (AvgIpc) is 2.82. The van der Waals surface area contributed by atoms with Crippen LogP contribution >= 0.6 is 0 Å². The molecular weight excluding hydrogens is 432 g/mol. The van der Waals surface area contributed by atoms with Crippen LogP contribution < -0.4 is 0 Å². The first-order valence-corrected chi connectivity index (χ1v) is 10.4. The van der Waals surface area contributed by atoms with E-state index in [0.29, 0.717) is 0 Å². The molecule has 1 fully saturated rings. The number of aliphatic hydroxyl groups excluding tert-OH is 1. The highest BCUT2D eigenvalue weighted by atomic mass is 16.7. The zero-order valence-electron chi connectivity index (χ0n) is 17.9. The minimum absolute atomic E-state index is 0.0522. The normalized spacial score (nSPS) is 22.1. The van der Waals surface area contributed by atoms with Gasteiger partial charge >= 0.3 is 17.9 Å². The second-order valence-corrected chi connectivity index (χ2v) is 7.43. The van der Waals surface area contributed by atoms with Crippen LogP contribution in [0.1, 0.15) is 40.5 Å². The van der Waals surface area contributed by atoms with Crippen molar-refractivity contribution in [2.45, 2.75) is 44.4 Å². The number of ketones is 1. The van der Waals surface area contributed by atoms with E-state index in [1.165, 1.54) is 19.1 Å². The number of Topliss-reactive ketones (excluding diaryl/α,β-unsaturated/α-hetero) is 1. The van der Waals surface area contributed by atoms with Gasteiger partial charge in [-0.2, -0.15) is 0 Å². The second-order valence-electron chi connectivity index (χ2n) is 7.43. The lowest BCUT2D eigenvalue weighted by Gasteiger charge is -2.38. The van der Waals surface area contributed by atoms with Crippen LogP contribution in [0.3, 0.4) is 0 Å². The van der Waals surface area contributed by atoms with E-state index in [4.69, 9.17) is 18.9 Å². The number of rotatable bonds is 8. The van der Waals surface area contributed by atoms with Gasteiger partial charge in [0.1, 0.15) is 5.78 Å². The Kier molecular flexibility index (Phi) is 8.28. The van der Waals surface area contributed by atoms with Crippen LogP contribution in [0.5, 0.6) is 0 Å². The van der Waals surface area contributed by atoms with Crippen molar-refractivity contribution in [3.63, 3.8) is 0 Å². The Hall–Kier alpha value is -3.56. The smallest absolute Gasteiger partial charge is 0.338 e. The number of esters is 3. The molecule has 0 radical (unpaired) electrons. The van der Waals surface area contributed by atoms with Crippen LogP contribution in [-0.2, 0) is 28.5 Å². The van der Waals surface area contributed by atoms with Crippen molar-refractivity contribution >= 4 is 23.7 Å². The summed E-state index contributed by atoms with van der Waals surface area (Å²) in [6, 6.07) is 16.2. The molecule has 3 rings (SSSR count). The Morgan fingerprint density at radius 2 is 1.36 bits per heavy atom. The quantitative estimate of drug-likeness (QED) is 0.469. The number of aliphatic hydroxyl groups is 1. The molecule has 4 atom stereocenters. The molecule has 9 nitrogen and oxygen atoms in total. The number of carbonyl (C=O) groups excluding carboxylic acids is 4. The van der Waals surface area contributed by atoms with Crippen molar-refractivity contribution in [1.82, 2.24) is 0 Å². The van der Waals surface area contributed by atoms with Gasteiger partial charge in [-0.3, -0.25) is 4.79 Å². The minimum Gasteiger partial charge on any atom is -0.453 e. The Morgan fingerprint density at radius 1 is 0.818 bits per heavy atom. The Labute approximate surface area is 190 Å². The zero-order chi connectivity index (χ0) is 23.8. The molecule has 1 N–H and O–H groups in total. The van der Waals surface area contributed by atoms with Gasteiger partial charge in [-0.1, -0.05) is 36.4 Å². The maximum absolute atomic E-state index is 12.7. The summed E-state index contributed by atoms with van der Waals surface area (Å²) in [7, 11) is 0. The molecule has 0 bridgehead atoms. The van der Waals surface area contributed by atoms with Crippen LogP contribution in [0, 0.1) is 0 Å². The summed E-state index contributed by atoms with van der Waals surface area (Å²) in [6.45, 7) is 1.03. The molecule has 0 aliphatic carbocycles. The van der Waals surface area contributed by atoms with E-state index in [9.17, 15) is 24.3 Å². The molecule has 0 spiro atoms. The van der Waals surface area contributed by atoms with E-state index in [2.05, 4.69) is 0 Å². The van der Waals surface area contributed by atoms with Gasteiger partial charge in [0.2, 0.25) is 0 Å². The van der Waals surface area contributed by atoms with Gasteiger partial charge in [-0.25, -0.2) is 9.59 Å². The van der Waals surface area contributed by atoms with Gasteiger partial charge in [-0.05, 0) is 31.2 Å². The van der Waals surface area contributed by atoms with Crippen LogP contribution in [0.2, 0.25) is 0 Å². The van der Waals surface area contributed by atoms with Gasteiger partial charge in [0.15, 0.2) is 24.6 Å². The summed E-state index contributed by atoms with van der Waals surface area (Å²) in [6.07, 6.45) is -5.91. The molecule has 1 heterocycles. The van der Waals surface area contributed by atoms with Gasteiger partial charge in [0.05, 0.1) is 24.2 Å². The van der Waals surface area contributed by atoms with Crippen LogP contribution in [0.4, 0.5) is 0 Å². The van der Waals surface area contributed by atoms with E-state index in [0.717, 1.165) is 0 Å². The standard InChI is InChI=1S/C24H24O9/c1-15(25)12-13-19(26)32-21-20(33-23(28)17-10-6-3-7-11-17)18(14-30-24(21)29)31-22(27)16-8-4-2-5-9-16/h2-11,18,20-21,24,29H,12-14H2,1H3/t18-,20+,21-,24-/m1/s1. The molecule has 0 saturated carbocycles. The van der Waals surface area contributed by atoms with E-state index in [1.807, 2.05) is 0 Å². The fourth-order valence-electron chi connectivity index (χ4n) is 3.16. The lowest BCUT2D eigenvalue weighted by Crippen LogP contribution is -2.57. The maximum Gasteiger partial charge on any atom is 0.338 e. The SMILES string of the molecule is CC(=O)CCC(=O)O[C@@H]1[C@@H](OC(=O)c2ccccc2)[C@H](OC(=O)c2ccccc2)CO[C@H]1O. The predicted molar refractivity (Wildman–Crippen MR) is 113 cm³/mol. The molecule has 0 amide bonds. The first-order valence-electron chi connectivity index (χ1n) is 10.4. The molecule has 1 saturated heterocycles. The number of carbonyl (C=O) groups is 4. The molecule has 0 unspecified atom stereocenters. The third kappa shape index (κ3) is 6.71. The summed E-state index contributed by atoms with van der Waals surface area (Å²) in [5, 5.41) is 10.3. The van der Waals surface area contributed by atoms with Crippen molar-refractivity contribution in [1.29, 1.82) is 0 Å². The molecule has 33 heavy (non-hydrogen) atoms. The molecule has 2 aromatic carbocycles. The first kappa shape index (κ1) is 24.1. The van der Waals surface area contributed by atoms with E-state index < -0.39 is 42.5 Å². The van der Waals surface area contributed by atoms with E-state index >= 15 is 0 Å². The van der Waals surface area contributed by atoms with Gasteiger partial charge in [-0.15, -0.1) is 0 Å². The van der Waals surface area contributed by atoms with Gasteiger partial charge in [0, 0.05) is 6.42 Å². The molecule has 2 aromatic rings. The lowest BCUT2D eigenvalue weighted by molar-refractivity contribution is -0.259. The lowest BCUT2D eigenvalue weighted by atomic mass is 10.0. The summed E-state index contributed by atoms with van der Waals surface area (Å²) < 4.78 is 21.5. The minimum atomic E-state index is -1.63. The largest absolute Gasteiger partial charge is 0.453 e. The third-order valence-corrected chi connectivity index (χ3v) is 4.87. The highest BCUT2D eigenvalue weighted by Gasteiger charge is 2.47. The molecule has 174 valence electrons. The van der Waals surface area contributed by atoms with Crippen LogP contribution in [-0.4, -0.2) is 60.0 Å². The Balaban J connectivity index is 1.81.